The predicted molar refractivity (Wildman–Crippen MR) is 416 cm³/mol. The largest absolute Gasteiger partial charge is 1.00 e. The molecule has 0 aliphatic carbocycles. The Hall–Kier alpha value is -9.91. The van der Waals surface area contributed by atoms with Crippen molar-refractivity contribution >= 4 is 228 Å². The first-order valence-corrected chi connectivity index (χ1v) is 37.7. The first-order valence-electron chi connectivity index (χ1n) is 30.5. The van der Waals surface area contributed by atoms with Crippen molar-refractivity contribution in [1.29, 1.82) is 0 Å². The maximum Gasteiger partial charge on any atom is 1.00 e. The Morgan fingerprint density at radius 3 is 1.50 bits per heavy atom. The van der Waals surface area contributed by atoms with Gasteiger partial charge in [0, 0.05) is 49.0 Å². The first kappa shape index (κ1) is 87.7. The summed E-state index contributed by atoms with van der Waals surface area (Å²) < 4.78 is 98.4. The molecule has 2 aliphatic heterocycles. The number of hydrogen-bond acceptors (Lipinski definition) is 29. The van der Waals surface area contributed by atoms with Crippen LogP contribution >= 0.6 is 80.9 Å². The molecule has 0 bridgehead atoms. The van der Waals surface area contributed by atoms with Crippen LogP contribution < -0.4 is 29.3 Å². The fraction of sp³-hybridized carbons (Fsp3) is 0.176. The summed E-state index contributed by atoms with van der Waals surface area (Å²) >= 11 is 15.8. The minimum Gasteiger partial charge on any atom is -1.00 e. The van der Waals surface area contributed by atoms with Crippen LogP contribution in [-0.2, 0) is 72.9 Å². The average Bonchev–Trinajstić information content (AvgIpc) is 1.76. The number of benzene rings is 6. The number of nitrogen functional groups attached to an aromatic ring is 1. The number of nitrogens with one attached hydrogen (secondary N) is 1. The third-order valence-electron chi connectivity index (χ3n) is 12.9. The van der Waals surface area contributed by atoms with Gasteiger partial charge in [-0.2, -0.15) is 29.5 Å². The van der Waals surface area contributed by atoms with Gasteiger partial charge in [-0.3, -0.25) is 28.7 Å². The third-order valence-corrected chi connectivity index (χ3v) is 20.6. The van der Waals surface area contributed by atoms with E-state index >= 15 is 0 Å². The number of aromatic nitrogens is 5. The van der Waals surface area contributed by atoms with E-state index in [1.165, 1.54) is 120 Å². The molecule has 5 aromatic heterocycles. The predicted octanol–water partition coefficient (Wildman–Crippen LogP) is 8.40. The number of rotatable bonds is 10. The maximum atomic E-state index is 12.3. The Morgan fingerprint density at radius 1 is 0.626 bits per heavy atom. The number of halogens is 2. The second-order valence-electron chi connectivity index (χ2n) is 20.5. The molecule has 7 heterocycles. The topological polar surface area (TPSA) is 393 Å². The van der Waals surface area contributed by atoms with Crippen LogP contribution in [0.15, 0.2) is 172 Å². The van der Waals surface area contributed by atoms with E-state index in [9.17, 15) is 64.4 Å². The van der Waals surface area contributed by atoms with Gasteiger partial charge >= 0.3 is 63.2 Å². The average molecular weight is 1630 g/mol. The van der Waals surface area contributed by atoms with Crippen LogP contribution in [0.25, 0.3) is 56.8 Å². The molecule has 107 heavy (non-hydrogen) atoms. The number of ketones is 4. The Morgan fingerprint density at radius 2 is 1.07 bits per heavy atom. The fourth-order valence-corrected chi connectivity index (χ4v) is 14.0. The molecule has 0 fully saturated rings. The minimum absolute atomic E-state index is 0. The van der Waals surface area contributed by atoms with Crippen molar-refractivity contribution in [3.63, 3.8) is 0 Å². The van der Waals surface area contributed by atoms with E-state index in [0.29, 0.717) is 26.2 Å². The molecule has 6 aromatic carbocycles. The number of carbonyl (C=O) groups is 9. The van der Waals surface area contributed by atoms with Gasteiger partial charge < -0.3 is 31.0 Å². The molecular formula is C68H66ClFLiN11O17S8. The summed E-state index contributed by atoms with van der Waals surface area (Å²) in [5.74, 6) is -5.57. The summed E-state index contributed by atoms with van der Waals surface area (Å²) in [6.07, 6.45) is 2.36. The molecule has 0 radical (unpaired) electrons. The number of likely N-dealkylation sites (N-methyl/N-ethyl adjacent to an activating group) is 1. The van der Waals surface area contributed by atoms with Gasteiger partial charge in [0.1, 0.15) is 27.2 Å². The standard InChI is InChI=1S/C13H11N3O4S2.C12H9N3O4S2.C12H9NO4S.C9H7NOS.C7H5NS.C6H5ClFN.C4H9NO.C4H6O3.CH4S.Li.H/c1-16-10(13(17)20-2)7-9(15-22(16,18)19)12-14-8-5-3-4-6-11(8)21-12;1-19-12(16)9-6-8(14-21(17,18)15-9)11-13-7-4-2-3-5-10(7)20-11;1-17-12(16)9(15)6-8(14)11-13-7-4-2-3-5-10(7)18-11;1-6(11)9-10-7-4-2-3-5-8(7)12-9;1-2-4-7-6(3-1)8-5-9-7;7-5-3-4(9)1-2-6(5)8;1-4(6)5(2)3;1-3(5)4(6)7-2;1-2;;/h3-7H,1-2H3;2-6,14H,1H3;2-5H,6H2,1H3;2-5H,1H3;1-5H;1-3H,9H2;1-3H3;1-2H3;2H,1H3;;/q;;;;;;;;;+1;-1/i;;;;;;;;1D;;. The molecule has 28 nitrogen and oxygen atoms in total. The van der Waals surface area contributed by atoms with Crippen molar-refractivity contribution in [2.45, 2.75) is 27.2 Å². The van der Waals surface area contributed by atoms with Crippen molar-refractivity contribution in [2.24, 2.45) is 8.80 Å². The monoisotopic (exact) mass is 1630 g/mol. The van der Waals surface area contributed by atoms with E-state index in [1.54, 1.807) is 31.5 Å². The number of methoxy groups -OCH3 is 4. The number of nitrogens with two attached hydrogens (primary N) is 1. The van der Waals surface area contributed by atoms with Crippen LogP contribution in [0, 0.1) is 5.82 Å². The molecule has 1 amide bonds. The molecule has 2 aliphatic rings. The normalized spacial score (nSPS) is 12.5. The van der Waals surface area contributed by atoms with Crippen molar-refractivity contribution in [3.8, 4) is 0 Å². The van der Waals surface area contributed by atoms with E-state index < -0.39 is 73.9 Å². The molecule has 0 unspecified atom stereocenters. The Kier molecular flexibility index (Phi) is 35.3. The smallest absolute Gasteiger partial charge is 1.00 e. The van der Waals surface area contributed by atoms with Gasteiger partial charge in [0.15, 0.2) is 27.3 Å². The molecule has 0 saturated carbocycles. The number of thiol groups is 1. The van der Waals surface area contributed by atoms with Crippen LogP contribution in [0.3, 0.4) is 0 Å². The van der Waals surface area contributed by atoms with Crippen LogP contribution in [0.5, 0.6) is 0 Å². The second kappa shape index (κ2) is 43.0. The molecule has 11 aromatic rings. The molecule has 558 valence electrons. The van der Waals surface area contributed by atoms with Gasteiger partial charge in [-0.15, -0.1) is 65.5 Å². The minimum atomic E-state index is -3.99. The van der Waals surface area contributed by atoms with Gasteiger partial charge in [-0.1, -0.05) is 72.3 Å². The zero-order valence-electron chi connectivity index (χ0n) is 60.5. The number of ether oxygens (including phenoxy) is 4. The number of Topliss-reactive ketones (excluding diaryl/α,β-unsaturated/α-hetero) is 4. The van der Waals surface area contributed by atoms with E-state index in [0.717, 1.165) is 66.3 Å². The van der Waals surface area contributed by atoms with Crippen LogP contribution in [0.1, 0.15) is 59.6 Å². The summed E-state index contributed by atoms with van der Waals surface area (Å²) in [5, 5.41) is 1.77. The summed E-state index contributed by atoms with van der Waals surface area (Å²) in [4.78, 5) is 121. The number of thiazole rings is 5. The zero-order valence-corrected chi connectivity index (χ0v) is 65.9. The SMILES string of the molecule is CC(=O)N(C)C.CC(=O)c1nc2ccccc2s1.COC(=O)C(=O)CC(=O)c1nc2ccccc2s1.COC(=O)C(C)=O.COC(=O)C1=CC(c2nc3ccccc3s2)=NS(=O)(=O)N1C.COC(=O)C1=NS(=O)(=O)NC(c2nc3ccccc3s2)=C1.Nc1ccc(F)c(Cl)c1.[2H]CS.[H-].[Li+].c1ccc2scnc2c1. The molecule has 0 atom stereocenters. The second-order valence-corrected chi connectivity index (χ2v) is 28.9. The van der Waals surface area contributed by atoms with E-state index in [2.05, 4.69) is 76.1 Å². The van der Waals surface area contributed by atoms with E-state index in [4.69, 9.17) is 18.7 Å². The summed E-state index contributed by atoms with van der Waals surface area (Å²) in [7, 11) is 1.34. The first-order chi connectivity index (χ1) is 50.7. The van der Waals surface area contributed by atoms with Crippen molar-refractivity contribution in [3.05, 3.63) is 194 Å². The summed E-state index contributed by atoms with van der Waals surface area (Å²) in [6, 6.07) is 42.0. The molecule has 3 N–H and O–H groups in total. The molecule has 13 rings (SSSR count). The van der Waals surface area contributed by atoms with Gasteiger partial charge in [-0.05, 0) is 97.2 Å². The number of hydrogen-bond donors (Lipinski definition) is 3. The number of amides is 1. The van der Waals surface area contributed by atoms with E-state index in [-0.39, 0.29) is 71.1 Å². The van der Waals surface area contributed by atoms with Crippen molar-refractivity contribution in [2.75, 3.05) is 61.5 Å². The zero-order chi connectivity index (χ0) is 79.3. The Bertz CT molecular complexity index is 5280. The number of carbonyl (C=O) groups excluding carboxylic acids is 9. The van der Waals surface area contributed by atoms with Crippen LogP contribution in [0.4, 0.5) is 10.1 Å². The third kappa shape index (κ3) is 27.1. The van der Waals surface area contributed by atoms with Crippen LogP contribution in [0.2, 0.25) is 5.02 Å². The number of allylic oxidation sites excluding steroid dienone is 1. The van der Waals surface area contributed by atoms with Gasteiger partial charge in [-0.25, -0.2) is 52.8 Å². The number of fused-ring (bicyclic) bond motifs is 5. The molecule has 0 saturated heterocycles. The van der Waals surface area contributed by atoms with Crippen LogP contribution in [-0.4, -0.2) is 171 Å². The summed E-state index contributed by atoms with van der Waals surface area (Å²) in [5.41, 5.74) is 11.8. The van der Waals surface area contributed by atoms with E-state index in [1.807, 2.05) is 115 Å². The summed E-state index contributed by atoms with van der Waals surface area (Å²) in [6.45, 7) is 4.23. The van der Waals surface area contributed by atoms with Crippen molar-refractivity contribution < 1.29 is 105 Å². The molecular weight excluding hydrogens is 1560 g/mol. The van der Waals surface area contributed by atoms with Gasteiger partial charge in [0.05, 0.1) is 102 Å². The van der Waals surface area contributed by atoms with Gasteiger partial charge in [0.2, 0.25) is 17.5 Å². The number of anilines is 1. The maximum absolute atomic E-state index is 12.3. The van der Waals surface area contributed by atoms with Gasteiger partial charge in [0.25, 0.3) is 0 Å². The molecule has 0 spiro atoms. The number of esters is 4. The van der Waals surface area contributed by atoms with Crippen molar-refractivity contribution in [1.82, 2.24) is 38.8 Å². The fourth-order valence-electron chi connectivity index (χ4n) is 7.59. The Labute approximate surface area is 658 Å². The quantitative estimate of drug-likeness (QED) is 0.0169. The number of para-hydroxylation sites is 5. The molecule has 39 heteroatoms. The Balaban J connectivity index is 0.000000332. The number of nitrogens with zero attached hydrogens (tertiary/aromatic N) is 9.